The monoisotopic (exact) mass is 163 g/mol. The third-order valence-electron chi connectivity index (χ3n) is 2.16. The highest BCUT2D eigenvalue weighted by atomic mass is 16.5. The Kier molecular flexibility index (Phi) is 1.90. The molecule has 1 aliphatic heterocycles. The molecule has 0 aliphatic carbocycles. The van der Waals surface area contributed by atoms with Gasteiger partial charge in [-0.2, -0.15) is 0 Å². The average Bonchev–Trinajstić information content (AvgIpc) is 2.17. The molecule has 1 aliphatic rings. The van der Waals surface area contributed by atoms with Crippen LogP contribution in [0.25, 0.3) is 0 Å². The van der Waals surface area contributed by atoms with Crippen LogP contribution in [-0.2, 0) is 0 Å². The smallest absolute Gasteiger partial charge is 0.142 e. The number of anilines is 1. The van der Waals surface area contributed by atoms with Gasteiger partial charge in [-0.25, -0.2) is 0 Å². The summed E-state index contributed by atoms with van der Waals surface area (Å²) in [7, 11) is 0. The van der Waals surface area contributed by atoms with Crippen LogP contribution in [0, 0.1) is 0 Å². The van der Waals surface area contributed by atoms with Crippen molar-refractivity contribution in [3.63, 3.8) is 0 Å². The van der Waals surface area contributed by atoms with E-state index in [2.05, 4.69) is 12.2 Å². The topological polar surface area (TPSA) is 21.3 Å². The fraction of sp³-hybridized carbons (Fsp3) is 0.400. The molecule has 0 radical (unpaired) electrons. The van der Waals surface area contributed by atoms with E-state index in [0.29, 0.717) is 6.10 Å². The van der Waals surface area contributed by atoms with Gasteiger partial charge in [0, 0.05) is 0 Å². The van der Waals surface area contributed by atoms with E-state index in [9.17, 15) is 0 Å². The Morgan fingerprint density at radius 3 is 3.17 bits per heavy atom. The van der Waals surface area contributed by atoms with E-state index in [4.69, 9.17) is 4.74 Å². The second-order valence-electron chi connectivity index (χ2n) is 3.03. The summed E-state index contributed by atoms with van der Waals surface area (Å²) >= 11 is 0. The molecule has 0 spiro atoms. The molecule has 1 aromatic carbocycles. The first-order chi connectivity index (χ1) is 5.90. The van der Waals surface area contributed by atoms with Crippen molar-refractivity contribution in [3.8, 4) is 5.75 Å². The van der Waals surface area contributed by atoms with E-state index in [1.807, 2.05) is 24.3 Å². The van der Waals surface area contributed by atoms with Crippen LogP contribution in [0.4, 0.5) is 5.69 Å². The second kappa shape index (κ2) is 3.05. The molecule has 1 atom stereocenters. The Balaban J connectivity index is 2.23. The SMILES string of the molecule is CCC1CNc2ccccc2O1. The number of fused-ring (bicyclic) bond motifs is 1. The summed E-state index contributed by atoms with van der Waals surface area (Å²) in [5.41, 5.74) is 1.11. The van der Waals surface area contributed by atoms with Gasteiger partial charge in [-0.3, -0.25) is 0 Å². The highest BCUT2D eigenvalue weighted by Gasteiger charge is 2.15. The van der Waals surface area contributed by atoms with Gasteiger partial charge in [0.2, 0.25) is 0 Å². The fourth-order valence-electron chi connectivity index (χ4n) is 1.39. The first kappa shape index (κ1) is 7.47. The Morgan fingerprint density at radius 2 is 2.33 bits per heavy atom. The molecule has 0 saturated heterocycles. The van der Waals surface area contributed by atoms with Gasteiger partial charge in [0.05, 0.1) is 12.2 Å². The zero-order valence-corrected chi connectivity index (χ0v) is 7.21. The highest BCUT2D eigenvalue weighted by Crippen LogP contribution is 2.28. The van der Waals surface area contributed by atoms with E-state index in [-0.39, 0.29) is 0 Å². The van der Waals surface area contributed by atoms with Crippen LogP contribution < -0.4 is 10.1 Å². The normalized spacial score (nSPS) is 20.6. The summed E-state index contributed by atoms with van der Waals surface area (Å²) in [5, 5.41) is 3.34. The summed E-state index contributed by atoms with van der Waals surface area (Å²) in [5.74, 6) is 0.982. The van der Waals surface area contributed by atoms with Crippen molar-refractivity contribution < 1.29 is 4.74 Å². The number of rotatable bonds is 1. The van der Waals surface area contributed by atoms with Gasteiger partial charge >= 0.3 is 0 Å². The lowest BCUT2D eigenvalue weighted by Crippen LogP contribution is -2.29. The molecule has 12 heavy (non-hydrogen) atoms. The lowest BCUT2D eigenvalue weighted by atomic mass is 10.2. The Hall–Kier alpha value is -1.18. The maximum absolute atomic E-state index is 5.72. The number of hydrogen-bond donors (Lipinski definition) is 1. The van der Waals surface area contributed by atoms with E-state index in [1.165, 1.54) is 0 Å². The van der Waals surface area contributed by atoms with Crippen molar-refractivity contribution in [2.75, 3.05) is 11.9 Å². The van der Waals surface area contributed by atoms with Gasteiger partial charge in [-0.15, -0.1) is 0 Å². The van der Waals surface area contributed by atoms with Gasteiger partial charge in [-0.1, -0.05) is 19.1 Å². The van der Waals surface area contributed by atoms with Gasteiger partial charge < -0.3 is 10.1 Å². The zero-order chi connectivity index (χ0) is 8.39. The Bertz CT molecular complexity index is 272. The molecule has 2 rings (SSSR count). The second-order valence-corrected chi connectivity index (χ2v) is 3.03. The summed E-state index contributed by atoms with van der Waals surface area (Å²) < 4.78 is 5.72. The van der Waals surface area contributed by atoms with Crippen molar-refractivity contribution in [1.82, 2.24) is 0 Å². The van der Waals surface area contributed by atoms with Crippen molar-refractivity contribution in [3.05, 3.63) is 24.3 Å². The number of ether oxygens (including phenoxy) is 1. The first-order valence-electron chi connectivity index (χ1n) is 4.39. The summed E-state index contributed by atoms with van der Waals surface area (Å²) in [6, 6.07) is 8.06. The van der Waals surface area contributed by atoms with Crippen LogP contribution in [0.5, 0.6) is 5.75 Å². The Morgan fingerprint density at radius 1 is 1.50 bits per heavy atom. The molecule has 64 valence electrons. The lowest BCUT2D eigenvalue weighted by molar-refractivity contribution is 0.202. The number of hydrogen-bond acceptors (Lipinski definition) is 2. The average molecular weight is 163 g/mol. The molecule has 2 heteroatoms. The van der Waals surface area contributed by atoms with Crippen LogP contribution in [-0.4, -0.2) is 12.6 Å². The maximum atomic E-state index is 5.72. The molecule has 1 heterocycles. The number of para-hydroxylation sites is 2. The van der Waals surface area contributed by atoms with Crippen LogP contribution in [0.1, 0.15) is 13.3 Å². The van der Waals surface area contributed by atoms with Gasteiger partial charge in [0.25, 0.3) is 0 Å². The molecule has 0 amide bonds. The molecule has 1 aromatic rings. The van der Waals surface area contributed by atoms with E-state index < -0.39 is 0 Å². The first-order valence-corrected chi connectivity index (χ1v) is 4.39. The minimum Gasteiger partial charge on any atom is -0.486 e. The minimum atomic E-state index is 0.333. The van der Waals surface area contributed by atoms with Crippen molar-refractivity contribution >= 4 is 5.69 Å². The summed E-state index contributed by atoms with van der Waals surface area (Å²) in [6.07, 6.45) is 1.39. The van der Waals surface area contributed by atoms with Crippen LogP contribution in [0.2, 0.25) is 0 Å². The van der Waals surface area contributed by atoms with Crippen molar-refractivity contribution in [2.45, 2.75) is 19.4 Å². The molecular formula is C10H13NO. The lowest BCUT2D eigenvalue weighted by Gasteiger charge is -2.26. The zero-order valence-electron chi connectivity index (χ0n) is 7.21. The van der Waals surface area contributed by atoms with Crippen LogP contribution in [0.3, 0.4) is 0 Å². The number of benzene rings is 1. The van der Waals surface area contributed by atoms with Gasteiger partial charge in [0.15, 0.2) is 0 Å². The van der Waals surface area contributed by atoms with Gasteiger partial charge in [-0.05, 0) is 18.6 Å². The van der Waals surface area contributed by atoms with Crippen LogP contribution in [0.15, 0.2) is 24.3 Å². The summed E-state index contributed by atoms with van der Waals surface area (Å²) in [6.45, 7) is 3.06. The molecule has 1 N–H and O–H groups in total. The maximum Gasteiger partial charge on any atom is 0.142 e. The third-order valence-corrected chi connectivity index (χ3v) is 2.16. The van der Waals surface area contributed by atoms with Crippen molar-refractivity contribution in [2.24, 2.45) is 0 Å². The predicted octanol–water partition coefficient (Wildman–Crippen LogP) is 2.27. The standard InChI is InChI=1S/C10H13NO/c1-2-8-7-11-9-5-3-4-6-10(9)12-8/h3-6,8,11H,2,7H2,1H3. The number of nitrogens with one attached hydrogen (secondary N) is 1. The summed E-state index contributed by atoms with van der Waals surface area (Å²) in [4.78, 5) is 0. The van der Waals surface area contributed by atoms with Gasteiger partial charge in [0.1, 0.15) is 11.9 Å². The predicted molar refractivity (Wildman–Crippen MR) is 49.6 cm³/mol. The van der Waals surface area contributed by atoms with Crippen molar-refractivity contribution in [1.29, 1.82) is 0 Å². The quantitative estimate of drug-likeness (QED) is 0.685. The van der Waals surface area contributed by atoms with E-state index >= 15 is 0 Å². The van der Waals surface area contributed by atoms with E-state index in [0.717, 1.165) is 24.4 Å². The largest absolute Gasteiger partial charge is 0.486 e. The molecule has 0 fully saturated rings. The fourth-order valence-corrected chi connectivity index (χ4v) is 1.39. The molecule has 0 aromatic heterocycles. The Labute approximate surface area is 72.5 Å². The molecule has 2 nitrogen and oxygen atoms in total. The van der Waals surface area contributed by atoms with Crippen LogP contribution >= 0.6 is 0 Å². The molecule has 0 bridgehead atoms. The minimum absolute atomic E-state index is 0.333. The third kappa shape index (κ3) is 1.24. The highest BCUT2D eigenvalue weighted by molar-refractivity contribution is 5.57. The molecule has 0 saturated carbocycles. The molecule has 1 unspecified atom stereocenters. The molecular weight excluding hydrogens is 150 g/mol. The van der Waals surface area contributed by atoms with E-state index in [1.54, 1.807) is 0 Å².